The number of aldehydes is 1. The minimum Gasteiger partial charge on any atom is -0.496 e. The first kappa shape index (κ1) is 9.52. The van der Waals surface area contributed by atoms with Crippen molar-refractivity contribution in [2.75, 3.05) is 7.11 Å². The van der Waals surface area contributed by atoms with E-state index in [-0.39, 0.29) is 0 Å². The van der Waals surface area contributed by atoms with Crippen LogP contribution >= 0.6 is 0 Å². The van der Waals surface area contributed by atoms with Crippen LogP contribution < -0.4 is 4.74 Å². The number of hydrogen-bond donors (Lipinski definition) is 0. The van der Waals surface area contributed by atoms with E-state index in [1.807, 2.05) is 25.1 Å². The van der Waals surface area contributed by atoms with E-state index < -0.39 is 0 Å². The van der Waals surface area contributed by atoms with Gasteiger partial charge in [0.05, 0.1) is 7.11 Å². The van der Waals surface area contributed by atoms with E-state index in [1.54, 1.807) is 13.2 Å². The molecule has 0 atom stereocenters. The second-order valence-corrected chi connectivity index (χ2v) is 2.69. The van der Waals surface area contributed by atoms with Gasteiger partial charge in [0.2, 0.25) is 0 Å². The molecule has 1 aromatic carbocycles. The van der Waals surface area contributed by atoms with Crippen LogP contribution in [0.5, 0.6) is 5.75 Å². The van der Waals surface area contributed by atoms with Gasteiger partial charge in [0, 0.05) is 5.56 Å². The zero-order valence-electron chi connectivity index (χ0n) is 7.78. The van der Waals surface area contributed by atoms with Gasteiger partial charge in [-0.3, -0.25) is 4.79 Å². The Morgan fingerprint density at radius 1 is 1.38 bits per heavy atom. The zero-order valence-corrected chi connectivity index (χ0v) is 7.78. The summed E-state index contributed by atoms with van der Waals surface area (Å²) in [4.78, 5) is 10.1. The Kier molecular flexibility index (Phi) is 3.26. The summed E-state index contributed by atoms with van der Waals surface area (Å²) in [6.45, 7) is 1.97. The maximum absolute atomic E-state index is 10.1. The monoisotopic (exact) mass is 176 g/mol. The Hall–Kier alpha value is -1.57. The highest BCUT2D eigenvalue weighted by molar-refractivity contribution is 5.75. The number of rotatable bonds is 3. The maximum atomic E-state index is 10.1. The summed E-state index contributed by atoms with van der Waals surface area (Å²) in [7, 11) is 1.63. The topological polar surface area (TPSA) is 26.3 Å². The van der Waals surface area contributed by atoms with Gasteiger partial charge in [0.15, 0.2) is 0 Å². The normalized spacial score (nSPS) is 10.3. The van der Waals surface area contributed by atoms with Crippen molar-refractivity contribution < 1.29 is 9.53 Å². The highest BCUT2D eigenvalue weighted by Crippen LogP contribution is 2.23. The standard InChI is InChI=1S/C11H12O2/c1-9-5-3-6-10(7-4-8-12)11(9)13-2/h3-8H,1-2H3/b7-4+. The van der Waals surface area contributed by atoms with Crippen LogP contribution in [0.15, 0.2) is 24.3 Å². The summed E-state index contributed by atoms with van der Waals surface area (Å²) >= 11 is 0. The average Bonchev–Trinajstić information content (AvgIpc) is 2.15. The lowest BCUT2D eigenvalue weighted by Gasteiger charge is -2.07. The van der Waals surface area contributed by atoms with Crippen molar-refractivity contribution in [3.05, 3.63) is 35.4 Å². The Balaban J connectivity index is 3.12. The quantitative estimate of drug-likeness (QED) is 0.521. The number of hydrogen-bond acceptors (Lipinski definition) is 2. The predicted molar refractivity (Wildman–Crippen MR) is 52.8 cm³/mol. The third kappa shape index (κ3) is 2.18. The number of carbonyl (C=O) groups excluding carboxylic acids is 1. The number of methoxy groups -OCH3 is 1. The lowest BCUT2D eigenvalue weighted by Crippen LogP contribution is -1.89. The molecule has 0 aliphatic heterocycles. The summed E-state index contributed by atoms with van der Waals surface area (Å²) in [5, 5.41) is 0. The second kappa shape index (κ2) is 4.45. The van der Waals surface area contributed by atoms with Crippen molar-refractivity contribution in [1.82, 2.24) is 0 Å². The number of allylic oxidation sites excluding steroid dienone is 1. The third-order valence-corrected chi connectivity index (χ3v) is 1.80. The largest absolute Gasteiger partial charge is 0.496 e. The Labute approximate surface area is 77.8 Å². The minimum absolute atomic E-state index is 0.752. The summed E-state index contributed by atoms with van der Waals surface area (Å²) < 4.78 is 5.21. The highest BCUT2D eigenvalue weighted by atomic mass is 16.5. The van der Waals surface area contributed by atoms with Crippen LogP contribution in [-0.4, -0.2) is 13.4 Å². The molecule has 13 heavy (non-hydrogen) atoms. The van der Waals surface area contributed by atoms with E-state index in [0.717, 1.165) is 23.2 Å². The van der Waals surface area contributed by atoms with Gasteiger partial charge in [0.1, 0.15) is 12.0 Å². The third-order valence-electron chi connectivity index (χ3n) is 1.80. The first-order valence-electron chi connectivity index (χ1n) is 4.05. The van der Waals surface area contributed by atoms with Gasteiger partial charge in [-0.15, -0.1) is 0 Å². The van der Waals surface area contributed by atoms with E-state index in [1.165, 1.54) is 6.08 Å². The number of aryl methyl sites for hydroxylation is 1. The fraction of sp³-hybridized carbons (Fsp3) is 0.182. The van der Waals surface area contributed by atoms with Crippen molar-refractivity contribution in [3.8, 4) is 5.75 Å². The molecule has 0 saturated heterocycles. The summed E-state index contributed by atoms with van der Waals surface area (Å²) in [5.41, 5.74) is 1.99. The van der Waals surface area contributed by atoms with E-state index in [4.69, 9.17) is 4.74 Å². The van der Waals surface area contributed by atoms with Crippen molar-refractivity contribution in [1.29, 1.82) is 0 Å². The molecular formula is C11H12O2. The first-order chi connectivity index (χ1) is 6.29. The van der Waals surface area contributed by atoms with Crippen LogP contribution in [0.1, 0.15) is 11.1 Å². The van der Waals surface area contributed by atoms with Crippen LogP contribution in [0, 0.1) is 6.92 Å². The molecule has 0 heterocycles. The molecule has 0 fully saturated rings. The first-order valence-corrected chi connectivity index (χ1v) is 4.05. The highest BCUT2D eigenvalue weighted by Gasteiger charge is 2.01. The van der Waals surface area contributed by atoms with E-state index in [9.17, 15) is 4.79 Å². The predicted octanol–water partition coefficient (Wildman–Crippen LogP) is 2.22. The van der Waals surface area contributed by atoms with Crippen molar-refractivity contribution >= 4 is 12.4 Å². The Morgan fingerprint density at radius 3 is 2.77 bits per heavy atom. The van der Waals surface area contributed by atoms with Gasteiger partial charge < -0.3 is 4.74 Å². The molecule has 0 N–H and O–H groups in total. The van der Waals surface area contributed by atoms with Gasteiger partial charge in [-0.05, 0) is 24.6 Å². The molecule has 0 aromatic heterocycles. The lowest BCUT2D eigenvalue weighted by atomic mass is 10.1. The van der Waals surface area contributed by atoms with Gasteiger partial charge in [-0.2, -0.15) is 0 Å². The fourth-order valence-corrected chi connectivity index (χ4v) is 1.23. The molecule has 0 aliphatic carbocycles. The minimum atomic E-state index is 0.752. The van der Waals surface area contributed by atoms with E-state index in [0.29, 0.717) is 0 Å². The second-order valence-electron chi connectivity index (χ2n) is 2.69. The molecule has 0 spiro atoms. The van der Waals surface area contributed by atoms with Crippen molar-refractivity contribution in [3.63, 3.8) is 0 Å². The molecule has 1 aromatic rings. The smallest absolute Gasteiger partial charge is 0.142 e. The zero-order chi connectivity index (χ0) is 9.68. The van der Waals surface area contributed by atoms with Gasteiger partial charge in [0.25, 0.3) is 0 Å². The molecule has 2 heteroatoms. The van der Waals surface area contributed by atoms with Gasteiger partial charge in [-0.25, -0.2) is 0 Å². The number of benzene rings is 1. The Morgan fingerprint density at radius 2 is 2.15 bits per heavy atom. The Bertz CT molecular complexity index is 327. The van der Waals surface area contributed by atoms with Crippen molar-refractivity contribution in [2.45, 2.75) is 6.92 Å². The lowest BCUT2D eigenvalue weighted by molar-refractivity contribution is -0.104. The van der Waals surface area contributed by atoms with E-state index >= 15 is 0 Å². The SMILES string of the molecule is COc1c(C)cccc1/C=C/C=O. The number of ether oxygens (including phenoxy) is 1. The molecule has 0 saturated carbocycles. The molecule has 0 unspecified atom stereocenters. The molecular weight excluding hydrogens is 164 g/mol. The van der Waals surface area contributed by atoms with Crippen LogP contribution in [0.25, 0.3) is 6.08 Å². The molecule has 0 aliphatic rings. The van der Waals surface area contributed by atoms with Gasteiger partial charge in [-0.1, -0.05) is 18.2 Å². The molecule has 0 radical (unpaired) electrons. The maximum Gasteiger partial charge on any atom is 0.142 e. The molecule has 1 rings (SSSR count). The number of para-hydroxylation sites is 1. The van der Waals surface area contributed by atoms with Crippen LogP contribution in [0.2, 0.25) is 0 Å². The summed E-state index contributed by atoms with van der Waals surface area (Å²) in [6.07, 6.45) is 3.94. The van der Waals surface area contributed by atoms with Gasteiger partial charge >= 0.3 is 0 Å². The molecule has 0 bridgehead atoms. The molecule has 2 nitrogen and oxygen atoms in total. The number of carbonyl (C=O) groups is 1. The average molecular weight is 176 g/mol. The van der Waals surface area contributed by atoms with Crippen LogP contribution in [-0.2, 0) is 4.79 Å². The molecule has 0 amide bonds. The van der Waals surface area contributed by atoms with Crippen LogP contribution in [0.4, 0.5) is 0 Å². The van der Waals surface area contributed by atoms with E-state index in [2.05, 4.69) is 0 Å². The van der Waals surface area contributed by atoms with Crippen molar-refractivity contribution in [2.24, 2.45) is 0 Å². The summed E-state index contributed by atoms with van der Waals surface area (Å²) in [5.74, 6) is 0.820. The van der Waals surface area contributed by atoms with Crippen LogP contribution in [0.3, 0.4) is 0 Å². The summed E-state index contributed by atoms with van der Waals surface area (Å²) in [6, 6.07) is 5.81. The fourth-order valence-electron chi connectivity index (χ4n) is 1.23. The molecule has 68 valence electrons.